The third-order valence-corrected chi connectivity index (χ3v) is 4.45. The van der Waals surface area contributed by atoms with Crippen LogP contribution >= 0.6 is 0 Å². The van der Waals surface area contributed by atoms with Crippen molar-refractivity contribution in [3.8, 4) is 11.4 Å². The summed E-state index contributed by atoms with van der Waals surface area (Å²) in [5, 5.41) is 0.729. The maximum Gasteiger partial charge on any atom is 0.149 e. The molecule has 0 spiro atoms. The summed E-state index contributed by atoms with van der Waals surface area (Å²) in [5.41, 5.74) is 9.61. The average Bonchev–Trinajstić information content (AvgIpc) is 3.00. The van der Waals surface area contributed by atoms with Crippen LogP contribution in [0.3, 0.4) is 0 Å². The molecular formula is C20H12F2N4. The van der Waals surface area contributed by atoms with E-state index in [1.807, 2.05) is 28.7 Å². The van der Waals surface area contributed by atoms with E-state index in [-0.39, 0.29) is 11.5 Å². The van der Waals surface area contributed by atoms with Gasteiger partial charge in [-0.05, 0) is 42.5 Å². The van der Waals surface area contributed by atoms with Crippen molar-refractivity contribution in [2.75, 3.05) is 5.73 Å². The number of hydrogen-bond donors (Lipinski definition) is 1. The van der Waals surface area contributed by atoms with Crippen LogP contribution in [0.1, 0.15) is 0 Å². The number of aromatic nitrogens is 3. The number of nitrogens with zero attached hydrogens (tertiary/aromatic N) is 3. The van der Waals surface area contributed by atoms with Gasteiger partial charge < -0.3 is 5.73 Å². The van der Waals surface area contributed by atoms with Crippen LogP contribution in [0.2, 0.25) is 0 Å². The van der Waals surface area contributed by atoms with Crippen molar-refractivity contribution in [1.82, 2.24) is 14.4 Å². The molecule has 6 heteroatoms. The number of halogens is 2. The van der Waals surface area contributed by atoms with Gasteiger partial charge >= 0.3 is 0 Å². The summed E-state index contributed by atoms with van der Waals surface area (Å²) >= 11 is 0. The van der Waals surface area contributed by atoms with Gasteiger partial charge in [0.05, 0.1) is 16.6 Å². The molecular weight excluding hydrogens is 334 g/mol. The maximum absolute atomic E-state index is 13.8. The Hall–Kier alpha value is -3.54. The van der Waals surface area contributed by atoms with Gasteiger partial charge in [-0.2, -0.15) is 0 Å². The van der Waals surface area contributed by atoms with E-state index in [9.17, 15) is 8.78 Å². The first-order chi connectivity index (χ1) is 12.6. The van der Waals surface area contributed by atoms with Crippen LogP contribution < -0.4 is 5.73 Å². The molecule has 0 aliphatic carbocycles. The Morgan fingerprint density at radius 3 is 2.42 bits per heavy atom. The van der Waals surface area contributed by atoms with Gasteiger partial charge in [0.1, 0.15) is 23.1 Å². The quantitative estimate of drug-likeness (QED) is 0.453. The Balaban J connectivity index is 2.02. The minimum absolute atomic E-state index is 0.257. The highest BCUT2D eigenvalue weighted by atomic mass is 19.1. The number of rotatable bonds is 1. The third-order valence-electron chi connectivity index (χ3n) is 4.45. The van der Waals surface area contributed by atoms with E-state index in [2.05, 4.69) is 4.98 Å². The van der Waals surface area contributed by atoms with E-state index >= 15 is 0 Å². The highest BCUT2D eigenvalue weighted by Gasteiger charge is 2.17. The number of hydrogen-bond acceptors (Lipinski definition) is 3. The molecule has 0 atom stereocenters. The van der Waals surface area contributed by atoms with Gasteiger partial charge in [-0.1, -0.05) is 12.1 Å². The largest absolute Gasteiger partial charge is 0.398 e. The fourth-order valence-electron chi connectivity index (χ4n) is 3.29. The Morgan fingerprint density at radius 2 is 1.58 bits per heavy atom. The lowest BCUT2D eigenvalue weighted by Gasteiger charge is -2.11. The molecule has 2 heterocycles. The van der Waals surface area contributed by atoms with E-state index in [1.165, 1.54) is 24.3 Å². The number of nitrogens with two attached hydrogens (primary N) is 1. The lowest BCUT2D eigenvalue weighted by Crippen LogP contribution is -2.01. The molecule has 0 amide bonds. The molecule has 126 valence electrons. The maximum atomic E-state index is 13.8. The SMILES string of the molecule is Nc1cc(F)ccc1-c1nc2cc(F)ccc2c2nc3ccccc3n12. The van der Waals surface area contributed by atoms with E-state index in [0.717, 1.165) is 16.4 Å². The molecule has 5 rings (SSSR count). The van der Waals surface area contributed by atoms with Crippen LogP contribution in [0.5, 0.6) is 0 Å². The summed E-state index contributed by atoms with van der Waals surface area (Å²) in [6.45, 7) is 0. The molecule has 0 fully saturated rings. The Bertz CT molecular complexity index is 1320. The molecule has 0 unspecified atom stereocenters. The van der Waals surface area contributed by atoms with Crippen molar-refractivity contribution in [1.29, 1.82) is 0 Å². The van der Waals surface area contributed by atoms with Crippen molar-refractivity contribution in [3.05, 3.63) is 72.3 Å². The second-order valence-electron chi connectivity index (χ2n) is 6.09. The molecule has 0 aliphatic rings. The van der Waals surface area contributed by atoms with E-state index in [0.29, 0.717) is 22.6 Å². The first kappa shape index (κ1) is 14.8. The number of para-hydroxylation sites is 2. The normalized spacial score (nSPS) is 11.6. The minimum atomic E-state index is -0.426. The topological polar surface area (TPSA) is 56.2 Å². The molecule has 0 saturated carbocycles. The van der Waals surface area contributed by atoms with Gasteiger partial charge in [0.15, 0.2) is 0 Å². The molecule has 3 aromatic carbocycles. The van der Waals surface area contributed by atoms with Gasteiger partial charge in [0.25, 0.3) is 0 Å². The standard InChI is InChI=1S/C20H12F2N4/c21-11-5-7-13(15(23)9-11)19-25-17-10-12(22)6-8-14(17)20-24-16-3-1-2-4-18(16)26(19)20/h1-10H,23H2. The fourth-order valence-corrected chi connectivity index (χ4v) is 3.29. The van der Waals surface area contributed by atoms with Gasteiger partial charge in [-0.15, -0.1) is 0 Å². The van der Waals surface area contributed by atoms with Crippen molar-refractivity contribution in [2.24, 2.45) is 0 Å². The number of benzene rings is 3. The van der Waals surface area contributed by atoms with Crippen molar-refractivity contribution in [3.63, 3.8) is 0 Å². The third kappa shape index (κ3) is 2.05. The Morgan fingerprint density at radius 1 is 0.808 bits per heavy atom. The van der Waals surface area contributed by atoms with Gasteiger partial charge in [-0.25, -0.2) is 18.7 Å². The van der Waals surface area contributed by atoms with Gasteiger partial charge in [-0.3, -0.25) is 4.40 Å². The van der Waals surface area contributed by atoms with Gasteiger partial charge in [0.2, 0.25) is 0 Å². The predicted molar refractivity (Wildman–Crippen MR) is 97.8 cm³/mol. The molecule has 0 saturated heterocycles. The van der Waals surface area contributed by atoms with Crippen molar-refractivity contribution < 1.29 is 8.78 Å². The fraction of sp³-hybridized carbons (Fsp3) is 0. The van der Waals surface area contributed by atoms with E-state index in [1.54, 1.807) is 12.1 Å². The zero-order valence-electron chi connectivity index (χ0n) is 13.4. The minimum Gasteiger partial charge on any atom is -0.398 e. The van der Waals surface area contributed by atoms with Crippen LogP contribution in [0.4, 0.5) is 14.5 Å². The van der Waals surface area contributed by atoms with E-state index in [4.69, 9.17) is 10.7 Å². The monoisotopic (exact) mass is 346 g/mol. The number of nitrogen functional groups attached to an aromatic ring is 1. The second-order valence-corrected chi connectivity index (χ2v) is 6.09. The number of anilines is 1. The number of imidazole rings is 1. The van der Waals surface area contributed by atoms with Crippen molar-refractivity contribution >= 4 is 33.3 Å². The predicted octanol–water partition coefficient (Wildman–Crippen LogP) is 4.56. The summed E-state index contributed by atoms with van der Waals surface area (Å²) in [6, 6.07) is 16.2. The summed E-state index contributed by atoms with van der Waals surface area (Å²) in [7, 11) is 0. The summed E-state index contributed by atoms with van der Waals surface area (Å²) < 4.78 is 29.1. The number of fused-ring (bicyclic) bond motifs is 5. The van der Waals surface area contributed by atoms with E-state index < -0.39 is 5.82 Å². The Kier molecular flexibility index (Phi) is 2.97. The lowest BCUT2D eigenvalue weighted by molar-refractivity contribution is 0.628. The van der Waals surface area contributed by atoms with Gasteiger partial charge in [0, 0.05) is 22.7 Å². The van der Waals surface area contributed by atoms with Crippen LogP contribution in [0.15, 0.2) is 60.7 Å². The smallest absolute Gasteiger partial charge is 0.149 e. The summed E-state index contributed by atoms with van der Waals surface area (Å²) in [5.74, 6) is -0.322. The van der Waals surface area contributed by atoms with Crippen molar-refractivity contribution in [2.45, 2.75) is 0 Å². The summed E-state index contributed by atoms with van der Waals surface area (Å²) in [4.78, 5) is 9.32. The second kappa shape index (κ2) is 5.23. The highest BCUT2D eigenvalue weighted by Crippen LogP contribution is 2.32. The zero-order valence-corrected chi connectivity index (χ0v) is 13.4. The first-order valence-electron chi connectivity index (χ1n) is 8.04. The lowest BCUT2D eigenvalue weighted by atomic mass is 10.1. The van der Waals surface area contributed by atoms with Crippen LogP contribution in [-0.4, -0.2) is 14.4 Å². The molecule has 2 N–H and O–H groups in total. The molecule has 4 nitrogen and oxygen atoms in total. The molecule has 0 bridgehead atoms. The van der Waals surface area contributed by atoms with Crippen LogP contribution in [-0.2, 0) is 0 Å². The molecule has 0 radical (unpaired) electrons. The highest BCUT2D eigenvalue weighted by molar-refractivity contribution is 5.98. The molecule has 5 aromatic rings. The molecule has 2 aromatic heterocycles. The zero-order chi connectivity index (χ0) is 17.8. The first-order valence-corrected chi connectivity index (χ1v) is 8.04. The molecule has 0 aliphatic heterocycles. The van der Waals surface area contributed by atoms with Crippen LogP contribution in [0.25, 0.3) is 39.0 Å². The molecule has 26 heavy (non-hydrogen) atoms. The van der Waals surface area contributed by atoms with Crippen LogP contribution in [0, 0.1) is 11.6 Å². The summed E-state index contributed by atoms with van der Waals surface area (Å²) in [6.07, 6.45) is 0. The average molecular weight is 346 g/mol. The Labute approximate surface area is 146 Å².